The minimum absolute atomic E-state index is 0.116. The molecule has 3 N–H and O–H groups in total. The van der Waals surface area contributed by atoms with E-state index in [2.05, 4.69) is 29.0 Å². The Kier molecular flexibility index (Phi) is 6.76. The van der Waals surface area contributed by atoms with E-state index in [1.54, 1.807) is 12.1 Å². The molecule has 2 atom stereocenters. The van der Waals surface area contributed by atoms with Crippen molar-refractivity contribution in [3.63, 3.8) is 0 Å². The number of hydrogen-bond acceptors (Lipinski definition) is 3. The molecule has 0 radical (unpaired) electrons. The van der Waals surface area contributed by atoms with E-state index in [9.17, 15) is 14.7 Å². The van der Waals surface area contributed by atoms with Gasteiger partial charge in [-0.25, -0.2) is 0 Å². The van der Waals surface area contributed by atoms with Gasteiger partial charge in [0.1, 0.15) is 0 Å². The van der Waals surface area contributed by atoms with Crippen LogP contribution >= 0.6 is 12.6 Å². The first kappa shape index (κ1) is 20.0. The first-order valence-electron chi connectivity index (χ1n) is 9.31. The molecule has 0 saturated heterocycles. The van der Waals surface area contributed by atoms with Crippen LogP contribution in [0.3, 0.4) is 0 Å². The number of benzene rings is 2. The Balaban J connectivity index is 1.58. The Hall–Kier alpha value is -2.73. The lowest BCUT2D eigenvalue weighted by atomic mass is 9.94. The summed E-state index contributed by atoms with van der Waals surface area (Å²) in [5, 5.41) is 13.6. The summed E-state index contributed by atoms with van der Waals surface area (Å²) in [7, 11) is 0. The summed E-state index contributed by atoms with van der Waals surface area (Å²) in [5.41, 5.74) is 2.91. The molecule has 0 aliphatic heterocycles. The van der Waals surface area contributed by atoms with Crippen molar-refractivity contribution >= 4 is 35.4 Å². The molecule has 1 unspecified atom stereocenters. The summed E-state index contributed by atoms with van der Waals surface area (Å²) < 4.78 is 0. The maximum Gasteiger partial charge on any atom is 0.310 e. The number of carboxylic acid groups (broad SMARTS) is 1. The van der Waals surface area contributed by atoms with Crippen molar-refractivity contribution in [3.8, 4) is 0 Å². The molecule has 146 valence electrons. The topological polar surface area (TPSA) is 82.2 Å². The molecule has 0 aliphatic rings. The number of carbonyl (C=O) groups excluding carboxylic acids is 1. The van der Waals surface area contributed by atoms with Gasteiger partial charge in [0.25, 0.3) is 0 Å². The number of hydrogen-bond donors (Lipinski definition) is 4. The van der Waals surface area contributed by atoms with Gasteiger partial charge in [-0.1, -0.05) is 48.5 Å². The van der Waals surface area contributed by atoms with Crippen LogP contribution in [0.4, 0.5) is 0 Å². The van der Waals surface area contributed by atoms with E-state index in [-0.39, 0.29) is 24.8 Å². The molecular formula is C22H24N2O3S. The largest absolute Gasteiger partial charge is 0.481 e. The van der Waals surface area contributed by atoms with Crippen LogP contribution < -0.4 is 5.32 Å². The molecule has 1 amide bonds. The molecular weight excluding hydrogens is 372 g/mol. The van der Waals surface area contributed by atoms with Crippen LogP contribution in [0, 0.1) is 0 Å². The highest BCUT2D eigenvalue weighted by atomic mass is 32.1. The van der Waals surface area contributed by atoms with Crippen molar-refractivity contribution in [2.75, 3.05) is 5.75 Å². The average Bonchev–Trinajstić information content (AvgIpc) is 3.11. The Labute approximate surface area is 169 Å². The lowest BCUT2D eigenvalue weighted by Gasteiger charge is -2.18. The van der Waals surface area contributed by atoms with E-state index in [0.29, 0.717) is 17.7 Å². The van der Waals surface area contributed by atoms with Crippen molar-refractivity contribution < 1.29 is 14.7 Å². The average molecular weight is 397 g/mol. The molecule has 0 bridgehead atoms. The molecule has 3 rings (SSSR count). The summed E-state index contributed by atoms with van der Waals surface area (Å²) in [4.78, 5) is 27.2. The molecule has 1 aromatic heterocycles. The van der Waals surface area contributed by atoms with Gasteiger partial charge >= 0.3 is 5.97 Å². The molecule has 0 fully saturated rings. The summed E-state index contributed by atoms with van der Waals surface area (Å²) >= 11 is 4.38. The van der Waals surface area contributed by atoms with E-state index >= 15 is 0 Å². The monoisotopic (exact) mass is 396 g/mol. The van der Waals surface area contributed by atoms with E-state index < -0.39 is 11.9 Å². The van der Waals surface area contributed by atoms with E-state index in [0.717, 1.165) is 16.5 Å². The van der Waals surface area contributed by atoms with Crippen molar-refractivity contribution in [1.29, 1.82) is 0 Å². The third-order valence-electron chi connectivity index (χ3n) is 4.89. The number of para-hydroxylation sites is 1. The van der Waals surface area contributed by atoms with Crippen LogP contribution in [-0.2, 0) is 16.0 Å². The number of carbonyl (C=O) groups is 2. The zero-order valence-electron chi connectivity index (χ0n) is 15.5. The number of amides is 1. The predicted octanol–water partition coefficient (Wildman–Crippen LogP) is 3.77. The first-order valence-corrected chi connectivity index (χ1v) is 9.94. The van der Waals surface area contributed by atoms with Crippen LogP contribution in [-0.4, -0.2) is 33.8 Å². The number of aromatic amines is 1. The van der Waals surface area contributed by atoms with Gasteiger partial charge in [0.2, 0.25) is 5.91 Å². The molecule has 28 heavy (non-hydrogen) atoms. The summed E-state index contributed by atoms with van der Waals surface area (Å²) in [5.74, 6) is -1.24. The quantitative estimate of drug-likeness (QED) is 0.416. The fourth-order valence-corrected chi connectivity index (χ4v) is 3.64. The molecule has 1 heterocycles. The predicted molar refractivity (Wildman–Crippen MR) is 114 cm³/mol. The standard InChI is InChI=1S/C22H24N2O3S/c25-21(11-10-19(22(26)27)15-6-2-1-3-7-15)24-17(14-28)12-16-13-23-20-9-5-4-8-18(16)20/h1-9,13,17,19,23,28H,10-12,14H2,(H,24,25)(H,26,27)/t17-,19?/m1/s1. The zero-order chi connectivity index (χ0) is 19.9. The van der Waals surface area contributed by atoms with Gasteiger partial charge in [-0.15, -0.1) is 0 Å². The smallest absolute Gasteiger partial charge is 0.310 e. The lowest BCUT2D eigenvalue weighted by molar-refractivity contribution is -0.139. The molecule has 3 aromatic rings. The van der Waals surface area contributed by atoms with Crippen molar-refractivity contribution in [1.82, 2.24) is 10.3 Å². The van der Waals surface area contributed by atoms with Gasteiger partial charge in [0, 0.05) is 35.3 Å². The number of H-pyrrole nitrogens is 1. The van der Waals surface area contributed by atoms with Crippen molar-refractivity contribution in [2.45, 2.75) is 31.2 Å². The highest BCUT2D eigenvalue weighted by molar-refractivity contribution is 7.80. The van der Waals surface area contributed by atoms with Gasteiger partial charge < -0.3 is 15.4 Å². The van der Waals surface area contributed by atoms with Crippen LogP contribution in [0.15, 0.2) is 60.8 Å². The number of rotatable bonds is 9. The number of thiol groups is 1. The third kappa shape index (κ3) is 4.95. The Bertz CT molecular complexity index is 939. The van der Waals surface area contributed by atoms with Crippen LogP contribution in [0.25, 0.3) is 10.9 Å². The third-order valence-corrected chi connectivity index (χ3v) is 5.33. The van der Waals surface area contributed by atoms with E-state index in [4.69, 9.17) is 0 Å². The normalized spacial score (nSPS) is 13.2. The highest BCUT2D eigenvalue weighted by Crippen LogP contribution is 2.22. The van der Waals surface area contributed by atoms with Crippen molar-refractivity contribution in [2.24, 2.45) is 0 Å². The van der Waals surface area contributed by atoms with E-state index in [1.165, 1.54) is 0 Å². The second-order valence-electron chi connectivity index (χ2n) is 6.85. The van der Waals surface area contributed by atoms with Crippen LogP contribution in [0.5, 0.6) is 0 Å². The summed E-state index contributed by atoms with van der Waals surface area (Å²) in [6.07, 6.45) is 3.05. The van der Waals surface area contributed by atoms with Gasteiger partial charge in [-0.05, 0) is 30.0 Å². The van der Waals surface area contributed by atoms with E-state index in [1.807, 2.05) is 42.6 Å². The van der Waals surface area contributed by atoms with Gasteiger partial charge in [-0.2, -0.15) is 12.6 Å². The van der Waals surface area contributed by atoms with Gasteiger partial charge in [0.15, 0.2) is 0 Å². The van der Waals surface area contributed by atoms with Crippen LogP contribution in [0.2, 0.25) is 0 Å². The fraction of sp³-hybridized carbons (Fsp3) is 0.273. The molecule has 0 saturated carbocycles. The highest BCUT2D eigenvalue weighted by Gasteiger charge is 2.21. The number of aliphatic carboxylic acids is 1. The Morgan fingerprint density at radius 2 is 1.79 bits per heavy atom. The molecule has 6 heteroatoms. The second-order valence-corrected chi connectivity index (χ2v) is 7.22. The molecule has 0 aliphatic carbocycles. The Morgan fingerprint density at radius 1 is 1.07 bits per heavy atom. The molecule has 2 aromatic carbocycles. The number of nitrogens with one attached hydrogen (secondary N) is 2. The van der Waals surface area contributed by atoms with Gasteiger partial charge in [0.05, 0.1) is 5.92 Å². The Morgan fingerprint density at radius 3 is 2.50 bits per heavy atom. The van der Waals surface area contributed by atoms with Crippen LogP contribution in [0.1, 0.15) is 29.9 Å². The second kappa shape index (κ2) is 9.46. The summed E-state index contributed by atoms with van der Waals surface area (Å²) in [6, 6.07) is 16.9. The minimum Gasteiger partial charge on any atom is -0.481 e. The molecule has 0 spiro atoms. The maximum absolute atomic E-state index is 12.4. The van der Waals surface area contributed by atoms with Crippen molar-refractivity contribution in [3.05, 3.63) is 71.9 Å². The number of aromatic nitrogens is 1. The van der Waals surface area contributed by atoms with Gasteiger partial charge in [-0.3, -0.25) is 9.59 Å². The SMILES string of the molecule is O=C(CCC(C(=O)O)c1ccccc1)N[C@@H](CS)Cc1c[nH]c2ccccc12. The zero-order valence-corrected chi connectivity index (χ0v) is 16.4. The fourth-order valence-electron chi connectivity index (χ4n) is 3.42. The number of carboxylic acids is 1. The number of fused-ring (bicyclic) bond motifs is 1. The lowest BCUT2D eigenvalue weighted by Crippen LogP contribution is -2.38. The maximum atomic E-state index is 12.4. The molecule has 5 nitrogen and oxygen atoms in total. The first-order chi connectivity index (χ1) is 13.6. The minimum atomic E-state index is -0.913. The summed E-state index contributed by atoms with van der Waals surface area (Å²) in [6.45, 7) is 0.